The molecule has 0 spiro atoms. The average molecular weight is 448 g/mol. The predicted molar refractivity (Wildman–Crippen MR) is 130 cm³/mol. The van der Waals surface area contributed by atoms with E-state index in [1.807, 2.05) is 24.3 Å². The normalized spacial score (nSPS) is 16.4. The van der Waals surface area contributed by atoms with Crippen LogP contribution >= 0.6 is 0 Å². The summed E-state index contributed by atoms with van der Waals surface area (Å²) in [4.78, 5) is 21.3. The largest absolute Gasteiger partial charge is 0.354 e. The number of likely N-dealkylation sites (N-methyl/N-ethyl adjacent to an activating group) is 1. The van der Waals surface area contributed by atoms with Crippen molar-refractivity contribution in [3.8, 4) is 0 Å². The Morgan fingerprint density at radius 1 is 1.12 bits per heavy atom. The van der Waals surface area contributed by atoms with Crippen LogP contribution in [0.25, 0.3) is 0 Å². The van der Waals surface area contributed by atoms with Gasteiger partial charge in [-0.1, -0.05) is 12.1 Å². The highest BCUT2D eigenvalue weighted by Gasteiger charge is 2.16. The lowest BCUT2D eigenvalue weighted by atomic mass is 10.1. The maximum absolute atomic E-state index is 13.0. The van der Waals surface area contributed by atoms with Crippen LogP contribution in [0.1, 0.15) is 18.2 Å². The number of carbonyl (C=O) groups excluding carboxylic acids is 1. The highest BCUT2D eigenvalue weighted by molar-refractivity contribution is 5.94. The van der Waals surface area contributed by atoms with Gasteiger partial charge in [-0.2, -0.15) is 0 Å². The van der Waals surface area contributed by atoms with Crippen molar-refractivity contribution < 1.29 is 9.18 Å². The molecule has 1 saturated heterocycles. The molecule has 33 heavy (non-hydrogen) atoms. The van der Waals surface area contributed by atoms with Crippen molar-refractivity contribution in [2.24, 2.45) is 0 Å². The van der Waals surface area contributed by atoms with E-state index in [1.165, 1.54) is 17.7 Å². The molecule has 172 valence electrons. The summed E-state index contributed by atoms with van der Waals surface area (Å²) in [6.45, 7) is 6.25. The zero-order valence-electron chi connectivity index (χ0n) is 19.1. The molecule has 3 aromatic rings. The fourth-order valence-electron chi connectivity index (χ4n) is 3.96. The van der Waals surface area contributed by atoms with E-state index in [0.29, 0.717) is 11.7 Å². The Bertz CT molecular complexity index is 1050. The molecular formula is C26H30FN5O. The van der Waals surface area contributed by atoms with E-state index in [9.17, 15) is 9.18 Å². The number of hydrogen-bond acceptors (Lipinski definition) is 5. The summed E-state index contributed by atoms with van der Waals surface area (Å²) in [6.07, 6.45) is 1.89. The summed E-state index contributed by atoms with van der Waals surface area (Å²) in [5.74, 6) is -0.300. The zero-order chi connectivity index (χ0) is 23.2. The number of nitrogens with zero attached hydrogens (tertiary/aromatic N) is 3. The first-order chi connectivity index (χ1) is 16.0. The lowest BCUT2D eigenvalue weighted by Crippen LogP contribution is -2.48. The van der Waals surface area contributed by atoms with E-state index in [0.717, 1.165) is 43.2 Å². The average Bonchev–Trinajstić information content (AvgIpc) is 2.82. The van der Waals surface area contributed by atoms with E-state index >= 15 is 0 Å². The minimum atomic E-state index is -0.277. The van der Waals surface area contributed by atoms with Gasteiger partial charge in [-0.05, 0) is 61.0 Å². The van der Waals surface area contributed by atoms with Crippen molar-refractivity contribution in [2.75, 3.05) is 36.9 Å². The van der Waals surface area contributed by atoms with Gasteiger partial charge in [0.25, 0.3) is 0 Å². The molecule has 2 aromatic carbocycles. The number of carbonyl (C=O) groups is 1. The van der Waals surface area contributed by atoms with Gasteiger partial charge in [-0.15, -0.1) is 0 Å². The number of benzene rings is 2. The molecule has 1 aromatic heterocycles. The van der Waals surface area contributed by atoms with Crippen LogP contribution in [0.5, 0.6) is 0 Å². The van der Waals surface area contributed by atoms with Crippen molar-refractivity contribution in [3.05, 3.63) is 83.9 Å². The number of rotatable bonds is 7. The van der Waals surface area contributed by atoms with Gasteiger partial charge in [0.2, 0.25) is 5.91 Å². The van der Waals surface area contributed by atoms with Crippen molar-refractivity contribution >= 4 is 23.0 Å². The Labute approximate surface area is 194 Å². The number of amides is 1. The van der Waals surface area contributed by atoms with Gasteiger partial charge in [-0.25, -0.2) is 4.39 Å². The molecule has 4 rings (SSSR count). The molecule has 1 amide bonds. The van der Waals surface area contributed by atoms with Crippen molar-refractivity contribution in [2.45, 2.75) is 25.9 Å². The fourth-order valence-corrected chi connectivity index (χ4v) is 3.96. The monoisotopic (exact) mass is 447 g/mol. The topological polar surface area (TPSA) is 60.5 Å². The van der Waals surface area contributed by atoms with E-state index < -0.39 is 0 Å². The fraction of sp³-hybridized carbons (Fsp3) is 0.308. The van der Waals surface area contributed by atoms with E-state index in [2.05, 4.69) is 39.6 Å². The maximum atomic E-state index is 13.0. The summed E-state index contributed by atoms with van der Waals surface area (Å²) in [5.41, 5.74) is 4.37. The maximum Gasteiger partial charge on any atom is 0.232 e. The minimum Gasteiger partial charge on any atom is -0.354 e. The van der Waals surface area contributed by atoms with Crippen LogP contribution < -0.4 is 15.5 Å². The van der Waals surface area contributed by atoms with Crippen molar-refractivity contribution in [3.63, 3.8) is 0 Å². The van der Waals surface area contributed by atoms with Gasteiger partial charge in [0.15, 0.2) is 0 Å². The molecule has 0 saturated carbocycles. The number of pyridine rings is 1. The first-order valence-corrected chi connectivity index (χ1v) is 11.2. The van der Waals surface area contributed by atoms with Crippen LogP contribution in [0.4, 0.5) is 21.5 Å². The predicted octanol–water partition coefficient (Wildman–Crippen LogP) is 3.96. The Balaban J connectivity index is 1.31. The van der Waals surface area contributed by atoms with Gasteiger partial charge in [-0.3, -0.25) is 14.7 Å². The van der Waals surface area contributed by atoms with Gasteiger partial charge in [0, 0.05) is 56.3 Å². The number of anilines is 3. The minimum absolute atomic E-state index is 0.0228. The molecule has 0 radical (unpaired) electrons. The zero-order valence-corrected chi connectivity index (χ0v) is 19.1. The molecule has 0 aliphatic carbocycles. The van der Waals surface area contributed by atoms with E-state index in [4.69, 9.17) is 0 Å². The molecule has 1 atom stereocenters. The van der Waals surface area contributed by atoms with Gasteiger partial charge < -0.3 is 15.5 Å². The van der Waals surface area contributed by atoms with Gasteiger partial charge in [0.05, 0.1) is 18.3 Å². The van der Waals surface area contributed by atoms with E-state index in [-0.39, 0.29) is 18.1 Å². The summed E-state index contributed by atoms with van der Waals surface area (Å²) in [6, 6.07) is 18.5. The number of hydrogen-bond donors (Lipinski definition) is 2. The first kappa shape index (κ1) is 22.9. The smallest absolute Gasteiger partial charge is 0.232 e. The summed E-state index contributed by atoms with van der Waals surface area (Å²) in [5, 5.41) is 6.63. The number of aromatic nitrogens is 1. The van der Waals surface area contributed by atoms with E-state index in [1.54, 1.807) is 30.3 Å². The Kier molecular flexibility index (Phi) is 7.32. The Morgan fingerprint density at radius 2 is 1.85 bits per heavy atom. The molecule has 6 nitrogen and oxygen atoms in total. The highest BCUT2D eigenvalue weighted by Crippen LogP contribution is 2.19. The molecule has 2 N–H and O–H groups in total. The standard InChI is InChI=1S/C26H30FN5O/c1-19-17-32(14-13-28-19)18-20-3-11-25(12-4-20)31(2)26(33)15-23-9-10-24(16-29-23)30-22-7-5-21(27)6-8-22/h3-12,16,19,28,30H,13-15,17-18H2,1-2H3/t19-/m0/s1. The van der Waals surface area contributed by atoms with Crippen molar-refractivity contribution in [1.29, 1.82) is 0 Å². The van der Waals surface area contributed by atoms with Gasteiger partial charge >= 0.3 is 0 Å². The van der Waals surface area contributed by atoms with Gasteiger partial charge in [0.1, 0.15) is 5.82 Å². The second-order valence-electron chi connectivity index (χ2n) is 8.56. The lowest BCUT2D eigenvalue weighted by Gasteiger charge is -2.31. The van der Waals surface area contributed by atoms with Crippen LogP contribution in [0.2, 0.25) is 0 Å². The van der Waals surface area contributed by atoms with Crippen LogP contribution in [0.3, 0.4) is 0 Å². The second-order valence-corrected chi connectivity index (χ2v) is 8.56. The lowest BCUT2D eigenvalue weighted by molar-refractivity contribution is -0.117. The molecule has 1 fully saturated rings. The first-order valence-electron chi connectivity index (χ1n) is 11.2. The quantitative estimate of drug-likeness (QED) is 0.574. The van der Waals surface area contributed by atoms with Crippen LogP contribution in [-0.2, 0) is 17.8 Å². The van der Waals surface area contributed by atoms with Crippen LogP contribution in [-0.4, -0.2) is 48.5 Å². The molecule has 1 aliphatic rings. The highest BCUT2D eigenvalue weighted by atomic mass is 19.1. The van der Waals surface area contributed by atoms with Crippen molar-refractivity contribution in [1.82, 2.24) is 15.2 Å². The third-order valence-corrected chi connectivity index (χ3v) is 5.85. The molecule has 2 heterocycles. The summed E-state index contributed by atoms with van der Waals surface area (Å²) in [7, 11) is 1.79. The summed E-state index contributed by atoms with van der Waals surface area (Å²) < 4.78 is 13.0. The molecule has 0 bridgehead atoms. The molecular weight excluding hydrogens is 417 g/mol. The Hall–Kier alpha value is -3.29. The number of halogens is 1. The summed E-state index contributed by atoms with van der Waals surface area (Å²) >= 11 is 0. The molecule has 0 unspecified atom stereocenters. The third-order valence-electron chi connectivity index (χ3n) is 5.85. The number of nitrogens with one attached hydrogen (secondary N) is 2. The molecule has 1 aliphatic heterocycles. The number of piperazine rings is 1. The molecule has 7 heteroatoms. The SMILES string of the molecule is C[C@H]1CN(Cc2ccc(N(C)C(=O)Cc3ccc(Nc4ccc(F)cc4)cn3)cc2)CCN1. The van der Waals surface area contributed by atoms with Crippen LogP contribution in [0.15, 0.2) is 66.9 Å². The third kappa shape index (κ3) is 6.37. The second kappa shape index (κ2) is 10.6. The Morgan fingerprint density at radius 3 is 2.52 bits per heavy atom. The van der Waals surface area contributed by atoms with Crippen LogP contribution in [0, 0.1) is 5.82 Å².